The Kier molecular flexibility index (Phi) is 5.41. The first kappa shape index (κ1) is 16.2. The maximum absolute atomic E-state index is 11.1. The van der Waals surface area contributed by atoms with E-state index in [2.05, 4.69) is 10.1 Å². The van der Waals surface area contributed by atoms with Gasteiger partial charge in [0.05, 0.1) is 12.0 Å². The van der Waals surface area contributed by atoms with Crippen molar-refractivity contribution in [2.45, 2.75) is 13.0 Å². The number of nitrogens with one attached hydrogen (secondary N) is 1. The number of rotatable bonds is 6. The Hall–Kier alpha value is -2.90. The van der Waals surface area contributed by atoms with Gasteiger partial charge in [-0.15, -0.1) is 0 Å². The number of carbonyl (C=O) groups excluding carboxylic acids is 2. The molecule has 0 aliphatic carbocycles. The summed E-state index contributed by atoms with van der Waals surface area (Å²) >= 11 is 0. The summed E-state index contributed by atoms with van der Waals surface area (Å²) in [6.45, 7) is 1.50. The van der Waals surface area contributed by atoms with Crippen LogP contribution in [0.2, 0.25) is 0 Å². The molecule has 0 radical (unpaired) electrons. The molecule has 0 heterocycles. The molecule has 8 nitrogen and oxygen atoms in total. The first-order chi connectivity index (χ1) is 9.85. The van der Waals surface area contributed by atoms with Gasteiger partial charge in [0.15, 0.2) is 0 Å². The fourth-order valence-electron chi connectivity index (χ4n) is 1.46. The number of esters is 1. The number of nitrogens with two attached hydrogens (primary N) is 1. The van der Waals surface area contributed by atoms with Crippen LogP contribution in [0.25, 0.3) is 6.08 Å². The molecule has 8 heteroatoms. The summed E-state index contributed by atoms with van der Waals surface area (Å²) in [6.07, 6.45) is 2.54. The lowest BCUT2D eigenvalue weighted by molar-refractivity contribution is -0.384. The second-order valence-electron chi connectivity index (χ2n) is 4.16. The molecule has 0 spiro atoms. The average Bonchev–Trinajstić information content (AvgIpc) is 2.45. The highest BCUT2D eigenvalue weighted by Crippen LogP contribution is 2.26. The van der Waals surface area contributed by atoms with E-state index >= 15 is 0 Å². The van der Waals surface area contributed by atoms with Gasteiger partial charge in [-0.25, -0.2) is 4.79 Å². The number of nitrogens with zero attached hydrogens (tertiary/aromatic N) is 1. The molecule has 0 saturated heterocycles. The van der Waals surface area contributed by atoms with Gasteiger partial charge in [0.1, 0.15) is 11.7 Å². The fraction of sp³-hybridized carbons (Fsp3) is 0.231. The minimum atomic E-state index is -0.750. The van der Waals surface area contributed by atoms with Crippen LogP contribution in [-0.4, -0.2) is 30.0 Å². The van der Waals surface area contributed by atoms with Crippen molar-refractivity contribution in [3.05, 3.63) is 40.0 Å². The number of hydrogen-bond acceptors (Lipinski definition) is 6. The van der Waals surface area contributed by atoms with E-state index < -0.39 is 22.8 Å². The largest absolute Gasteiger partial charge is 0.466 e. The van der Waals surface area contributed by atoms with Crippen molar-refractivity contribution < 1.29 is 19.2 Å². The molecule has 112 valence electrons. The van der Waals surface area contributed by atoms with E-state index in [0.717, 1.165) is 6.08 Å². The summed E-state index contributed by atoms with van der Waals surface area (Å²) in [6, 6.07) is 3.52. The Balaban J connectivity index is 3.07. The number of nitro benzene ring substituents is 1. The summed E-state index contributed by atoms with van der Waals surface area (Å²) < 4.78 is 4.43. The molecule has 1 aromatic rings. The number of carbonyl (C=O) groups is 2. The lowest BCUT2D eigenvalue weighted by atomic mass is 10.1. The zero-order chi connectivity index (χ0) is 16.0. The molecule has 1 amide bonds. The topological polar surface area (TPSA) is 125 Å². The van der Waals surface area contributed by atoms with Gasteiger partial charge >= 0.3 is 5.97 Å². The third kappa shape index (κ3) is 4.60. The second-order valence-corrected chi connectivity index (χ2v) is 4.16. The van der Waals surface area contributed by atoms with Crippen molar-refractivity contribution in [1.82, 2.24) is 0 Å². The highest BCUT2D eigenvalue weighted by molar-refractivity contribution is 5.87. The van der Waals surface area contributed by atoms with Crippen molar-refractivity contribution in [3.63, 3.8) is 0 Å². The normalized spacial score (nSPS) is 11.9. The molecule has 21 heavy (non-hydrogen) atoms. The second kappa shape index (κ2) is 7.04. The van der Waals surface area contributed by atoms with Crippen LogP contribution in [0.4, 0.5) is 11.4 Å². The number of ether oxygens (including phenoxy) is 1. The molecular formula is C13H15N3O5. The molecule has 1 atom stereocenters. The van der Waals surface area contributed by atoms with E-state index in [1.54, 1.807) is 6.07 Å². The van der Waals surface area contributed by atoms with Crippen molar-refractivity contribution in [2.24, 2.45) is 5.73 Å². The minimum Gasteiger partial charge on any atom is -0.466 e. The summed E-state index contributed by atoms with van der Waals surface area (Å²) in [5.41, 5.74) is 5.49. The zero-order valence-corrected chi connectivity index (χ0v) is 11.5. The molecule has 1 unspecified atom stereocenters. The van der Waals surface area contributed by atoms with Crippen molar-refractivity contribution in [1.29, 1.82) is 0 Å². The summed E-state index contributed by atoms with van der Waals surface area (Å²) in [5.74, 6) is -1.19. The lowest BCUT2D eigenvalue weighted by Crippen LogP contribution is -2.32. The van der Waals surface area contributed by atoms with E-state index in [0.29, 0.717) is 5.56 Å². The van der Waals surface area contributed by atoms with Gasteiger partial charge in [0.25, 0.3) is 5.69 Å². The fourth-order valence-corrected chi connectivity index (χ4v) is 1.46. The van der Waals surface area contributed by atoms with Crippen LogP contribution < -0.4 is 11.1 Å². The van der Waals surface area contributed by atoms with Gasteiger partial charge in [-0.2, -0.15) is 0 Å². The Morgan fingerprint density at radius 1 is 1.48 bits per heavy atom. The van der Waals surface area contributed by atoms with Crippen molar-refractivity contribution >= 4 is 29.3 Å². The minimum absolute atomic E-state index is 0.168. The summed E-state index contributed by atoms with van der Waals surface area (Å²) in [4.78, 5) is 32.4. The predicted molar refractivity (Wildman–Crippen MR) is 76.4 cm³/mol. The quantitative estimate of drug-likeness (QED) is 0.350. The van der Waals surface area contributed by atoms with E-state index in [-0.39, 0.29) is 11.4 Å². The standard InChI is InChI=1S/C13H15N3O5/c1-8(13(14)18)15-10-5-3-9(4-6-12(17)21-2)7-11(10)16(19)20/h3-8,15H,1-2H3,(H2,14,18)/b6-4+. The lowest BCUT2D eigenvalue weighted by Gasteiger charge is -2.12. The first-order valence-corrected chi connectivity index (χ1v) is 5.95. The Bertz CT molecular complexity index is 597. The third-order valence-electron chi connectivity index (χ3n) is 2.63. The van der Waals surface area contributed by atoms with Crippen LogP contribution in [0.15, 0.2) is 24.3 Å². The van der Waals surface area contributed by atoms with Gasteiger partial charge < -0.3 is 15.8 Å². The smallest absolute Gasteiger partial charge is 0.330 e. The van der Waals surface area contributed by atoms with Crippen molar-refractivity contribution in [2.75, 3.05) is 12.4 Å². The first-order valence-electron chi connectivity index (χ1n) is 5.95. The Morgan fingerprint density at radius 3 is 2.67 bits per heavy atom. The molecule has 0 aliphatic heterocycles. The molecule has 1 rings (SSSR count). The maximum atomic E-state index is 11.1. The van der Waals surface area contributed by atoms with Crippen LogP contribution in [0, 0.1) is 10.1 Å². The number of anilines is 1. The SMILES string of the molecule is COC(=O)/C=C/c1ccc(NC(C)C(N)=O)c([N+](=O)[O-])c1. The highest BCUT2D eigenvalue weighted by atomic mass is 16.6. The van der Waals surface area contributed by atoms with Crippen LogP contribution in [0.5, 0.6) is 0 Å². The molecule has 0 aromatic heterocycles. The zero-order valence-electron chi connectivity index (χ0n) is 11.5. The molecular weight excluding hydrogens is 278 g/mol. The van der Waals surface area contributed by atoms with E-state index in [9.17, 15) is 19.7 Å². The molecule has 0 bridgehead atoms. The Morgan fingerprint density at radius 2 is 2.14 bits per heavy atom. The predicted octanol–water partition coefficient (Wildman–Crippen LogP) is 1.07. The number of nitro groups is 1. The number of methoxy groups -OCH3 is 1. The van der Waals surface area contributed by atoms with Gasteiger partial charge in [0.2, 0.25) is 5.91 Å². The van der Waals surface area contributed by atoms with Crippen LogP contribution in [0.3, 0.4) is 0 Å². The van der Waals surface area contributed by atoms with Gasteiger partial charge in [-0.1, -0.05) is 6.07 Å². The molecule has 0 aliphatic rings. The number of hydrogen-bond donors (Lipinski definition) is 2. The molecule has 3 N–H and O–H groups in total. The molecule has 0 fully saturated rings. The van der Waals surface area contributed by atoms with E-state index in [1.807, 2.05) is 0 Å². The van der Waals surface area contributed by atoms with Crippen LogP contribution in [-0.2, 0) is 14.3 Å². The summed E-state index contributed by atoms with van der Waals surface area (Å²) in [7, 11) is 1.23. The third-order valence-corrected chi connectivity index (χ3v) is 2.63. The van der Waals surface area contributed by atoms with E-state index in [4.69, 9.17) is 5.73 Å². The van der Waals surface area contributed by atoms with Crippen molar-refractivity contribution in [3.8, 4) is 0 Å². The Labute approximate surface area is 120 Å². The monoisotopic (exact) mass is 293 g/mol. The highest BCUT2D eigenvalue weighted by Gasteiger charge is 2.17. The van der Waals surface area contributed by atoms with Gasteiger partial charge in [0, 0.05) is 12.1 Å². The summed E-state index contributed by atoms with van der Waals surface area (Å²) in [5, 5.41) is 13.7. The maximum Gasteiger partial charge on any atom is 0.330 e. The van der Waals surface area contributed by atoms with Crippen LogP contribution in [0.1, 0.15) is 12.5 Å². The van der Waals surface area contributed by atoms with Gasteiger partial charge in [-0.3, -0.25) is 14.9 Å². The number of amides is 1. The molecule has 1 aromatic carbocycles. The van der Waals surface area contributed by atoms with Gasteiger partial charge in [-0.05, 0) is 24.6 Å². The number of benzene rings is 1. The van der Waals surface area contributed by atoms with E-state index in [1.165, 1.54) is 32.2 Å². The van der Waals surface area contributed by atoms with Crippen LogP contribution >= 0.6 is 0 Å². The average molecular weight is 293 g/mol. The number of primary amides is 1. The molecule has 0 saturated carbocycles.